The number of halogens is 2. The van der Waals surface area contributed by atoms with Crippen LogP contribution >= 0.6 is 0 Å². The summed E-state index contributed by atoms with van der Waals surface area (Å²) in [5.41, 5.74) is 1.42. The van der Waals surface area contributed by atoms with Gasteiger partial charge in [-0.25, -0.2) is 0 Å². The third kappa shape index (κ3) is 4.34. The molecule has 2 aromatic carbocycles. The molecular weight excluding hydrogens is 338 g/mol. The lowest BCUT2D eigenvalue weighted by molar-refractivity contribution is -0.0502. The highest BCUT2D eigenvalue weighted by molar-refractivity contribution is 6.49. The molecule has 1 saturated carbocycles. The number of benzene rings is 2. The van der Waals surface area contributed by atoms with E-state index in [0.29, 0.717) is 17.0 Å². The molecule has 0 N–H and O–H groups in total. The minimum absolute atomic E-state index is 0.0265. The van der Waals surface area contributed by atoms with E-state index in [9.17, 15) is 18.4 Å². The predicted octanol–water partition coefficient (Wildman–Crippen LogP) is 4.42. The summed E-state index contributed by atoms with van der Waals surface area (Å²) in [6.07, 6.45) is 2.21. The first-order chi connectivity index (χ1) is 12.4. The molecular formula is C21H16F2O3. The lowest BCUT2D eigenvalue weighted by Crippen LogP contribution is -2.15. The van der Waals surface area contributed by atoms with Gasteiger partial charge in [0, 0.05) is 22.6 Å². The van der Waals surface area contributed by atoms with Crippen molar-refractivity contribution in [3.63, 3.8) is 0 Å². The predicted molar refractivity (Wildman–Crippen MR) is 92.5 cm³/mol. The topological polar surface area (TPSA) is 43.4 Å². The maximum atomic E-state index is 12.5. The van der Waals surface area contributed by atoms with Gasteiger partial charge in [0.05, 0.1) is 0 Å². The molecule has 0 amide bonds. The molecule has 1 fully saturated rings. The molecule has 0 spiro atoms. The summed E-state index contributed by atoms with van der Waals surface area (Å²) >= 11 is 0. The van der Waals surface area contributed by atoms with E-state index >= 15 is 0 Å². The number of hydrogen-bond acceptors (Lipinski definition) is 3. The number of aryl methyl sites for hydroxylation is 1. The summed E-state index contributed by atoms with van der Waals surface area (Å²) in [6.45, 7) is -1.41. The Morgan fingerprint density at radius 3 is 2.38 bits per heavy atom. The maximum absolute atomic E-state index is 12.5. The van der Waals surface area contributed by atoms with E-state index in [1.807, 2.05) is 0 Å². The minimum Gasteiger partial charge on any atom is -0.435 e. The lowest BCUT2D eigenvalue weighted by atomic mass is 9.98. The highest BCUT2D eigenvalue weighted by Gasteiger charge is 2.20. The van der Waals surface area contributed by atoms with Gasteiger partial charge in [-0.2, -0.15) is 8.78 Å². The molecule has 0 atom stereocenters. The number of carbonyl (C=O) groups is 2. The van der Waals surface area contributed by atoms with Gasteiger partial charge in [0.1, 0.15) is 5.75 Å². The van der Waals surface area contributed by atoms with Crippen molar-refractivity contribution in [1.29, 1.82) is 0 Å². The zero-order chi connectivity index (χ0) is 18.7. The molecule has 132 valence electrons. The Morgan fingerprint density at radius 2 is 1.77 bits per heavy atom. The monoisotopic (exact) mass is 354 g/mol. The molecule has 3 rings (SSSR count). The normalized spacial score (nSPS) is 13.1. The Labute approximate surface area is 150 Å². The van der Waals surface area contributed by atoms with Crippen LogP contribution in [0.5, 0.6) is 5.75 Å². The first-order valence-electron chi connectivity index (χ1n) is 8.20. The van der Waals surface area contributed by atoms with Gasteiger partial charge >= 0.3 is 6.61 Å². The summed E-state index contributed by atoms with van der Waals surface area (Å²) in [7, 11) is 0. The van der Waals surface area contributed by atoms with Crippen molar-refractivity contribution < 1.29 is 23.1 Å². The lowest BCUT2D eigenvalue weighted by Gasteiger charge is -2.09. The van der Waals surface area contributed by atoms with E-state index in [2.05, 4.69) is 16.6 Å². The number of ether oxygens (including phenoxy) is 1. The van der Waals surface area contributed by atoms with Crippen LogP contribution in [0.3, 0.4) is 0 Å². The third-order valence-electron chi connectivity index (χ3n) is 3.98. The molecule has 3 nitrogen and oxygen atoms in total. The molecule has 0 aliphatic heterocycles. The van der Waals surface area contributed by atoms with Gasteiger partial charge in [0.2, 0.25) is 11.6 Å². The van der Waals surface area contributed by atoms with Crippen LogP contribution in [0.4, 0.5) is 8.78 Å². The van der Waals surface area contributed by atoms with Crippen molar-refractivity contribution in [2.75, 3.05) is 0 Å². The number of rotatable bonds is 5. The van der Waals surface area contributed by atoms with Gasteiger partial charge in [-0.3, -0.25) is 9.59 Å². The Hall–Kier alpha value is -3.00. The van der Waals surface area contributed by atoms with Gasteiger partial charge in [-0.05, 0) is 55.7 Å². The summed E-state index contributed by atoms with van der Waals surface area (Å²) in [6, 6.07) is 10.6. The average Bonchev–Trinajstić information content (AvgIpc) is 3.45. The van der Waals surface area contributed by atoms with E-state index in [-0.39, 0.29) is 16.9 Å². The number of hydrogen-bond donors (Lipinski definition) is 0. The fourth-order valence-corrected chi connectivity index (χ4v) is 2.43. The quantitative estimate of drug-likeness (QED) is 0.453. The van der Waals surface area contributed by atoms with Gasteiger partial charge in [-0.1, -0.05) is 24.0 Å². The van der Waals surface area contributed by atoms with Gasteiger partial charge in [-0.15, -0.1) is 0 Å². The van der Waals surface area contributed by atoms with Crippen LogP contribution in [0.1, 0.15) is 44.7 Å². The molecule has 0 bridgehead atoms. The largest absolute Gasteiger partial charge is 0.435 e. The van der Waals surface area contributed by atoms with Crippen LogP contribution in [0.15, 0.2) is 42.5 Å². The molecule has 2 aromatic rings. The van der Waals surface area contributed by atoms with Crippen LogP contribution < -0.4 is 4.74 Å². The van der Waals surface area contributed by atoms with Gasteiger partial charge < -0.3 is 4.74 Å². The third-order valence-corrected chi connectivity index (χ3v) is 3.98. The van der Waals surface area contributed by atoms with E-state index in [1.165, 1.54) is 25.1 Å². The second kappa shape index (κ2) is 7.49. The van der Waals surface area contributed by atoms with Crippen molar-refractivity contribution in [2.24, 2.45) is 5.92 Å². The van der Waals surface area contributed by atoms with Crippen molar-refractivity contribution in [1.82, 2.24) is 0 Å². The molecule has 5 heteroatoms. The van der Waals surface area contributed by atoms with Crippen molar-refractivity contribution in [2.45, 2.75) is 26.4 Å². The standard InChI is InChI=1S/C21H16F2O3/c1-13-11-17(9-10-18(13)26-21(22)23)20(25)19(24)16-4-2-3-15(12-16)8-7-14-5-6-14/h2-4,9-12,14,21H,5-6H2,1H3. The molecule has 0 unspecified atom stereocenters. The van der Waals surface area contributed by atoms with Gasteiger partial charge in [0.25, 0.3) is 0 Å². The zero-order valence-corrected chi connectivity index (χ0v) is 14.1. The highest BCUT2D eigenvalue weighted by atomic mass is 19.3. The van der Waals surface area contributed by atoms with Crippen LogP contribution in [0.25, 0.3) is 0 Å². The van der Waals surface area contributed by atoms with E-state index in [0.717, 1.165) is 12.8 Å². The highest BCUT2D eigenvalue weighted by Crippen LogP contribution is 2.27. The molecule has 26 heavy (non-hydrogen) atoms. The van der Waals surface area contributed by atoms with Crippen LogP contribution in [-0.4, -0.2) is 18.2 Å². The van der Waals surface area contributed by atoms with Crippen molar-refractivity contribution in [3.05, 3.63) is 64.7 Å². The van der Waals surface area contributed by atoms with Crippen molar-refractivity contribution in [3.8, 4) is 17.6 Å². The SMILES string of the molecule is Cc1cc(C(=O)C(=O)c2cccc(C#CC3CC3)c2)ccc1OC(F)F. The Kier molecular flexibility index (Phi) is 5.13. The number of ketones is 2. The number of carbonyl (C=O) groups excluding carboxylic acids is 2. The average molecular weight is 354 g/mol. The van der Waals surface area contributed by atoms with Gasteiger partial charge in [0.15, 0.2) is 0 Å². The second-order valence-electron chi connectivity index (χ2n) is 6.14. The van der Waals surface area contributed by atoms with Crippen LogP contribution in [0.2, 0.25) is 0 Å². The van der Waals surface area contributed by atoms with Crippen LogP contribution in [-0.2, 0) is 0 Å². The molecule has 1 aliphatic carbocycles. The molecule has 1 aliphatic rings. The minimum atomic E-state index is -2.95. The number of alkyl halides is 2. The second-order valence-corrected chi connectivity index (χ2v) is 6.14. The smallest absolute Gasteiger partial charge is 0.387 e. The fourth-order valence-electron chi connectivity index (χ4n) is 2.43. The first kappa shape index (κ1) is 17.8. The molecule has 0 heterocycles. The zero-order valence-electron chi connectivity index (χ0n) is 14.1. The number of Topliss-reactive ketones (excluding diaryl/α,β-unsaturated/α-hetero) is 2. The van der Waals surface area contributed by atoms with Crippen LogP contribution in [0, 0.1) is 24.7 Å². The van der Waals surface area contributed by atoms with E-state index in [1.54, 1.807) is 24.3 Å². The van der Waals surface area contributed by atoms with E-state index in [4.69, 9.17) is 0 Å². The summed E-state index contributed by atoms with van der Waals surface area (Å²) in [4.78, 5) is 24.9. The fraction of sp³-hybridized carbons (Fsp3) is 0.238. The summed E-state index contributed by atoms with van der Waals surface area (Å²) in [5.74, 6) is 5.16. The molecule has 0 radical (unpaired) electrons. The molecule has 0 saturated heterocycles. The summed E-state index contributed by atoms with van der Waals surface area (Å²) in [5, 5.41) is 0. The first-order valence-corrected chi connectivity index (χ1v) is 8.20. The summed E-state index contributed by atoms with van der Waals surface area (Å²) < 4.78 is 29.0. The van der Waals surface area contributed by atoms with Crippen molar-refractivity contribution >= 4 is 11.6 Å². The van der Waals surface area contributed by atoms with E-state index < -0.39 is 18.2 Å². The Bertz CT molecular complexity index is 918. The Balaban J connectivity index is 1.79. The maximum Gasteiger partial charge on any atom is 0.387 e. The molecule has 0 aromatic heterocycles. The Morgan fingerprint density at radius 1 is 1.08 bits per heavy atom.